The van der Waals surface area contributed by atoms with Gasteiger partial charge in [0.2, 0.25) is 0 Å². The van der Waals surface area contributed by atoms with Gasteiger partial charge in [0.1, 0.15) is 0 Å². The molecule has 0 rings (SSSR count). The topological polar surface area (TPSA) is 0 Å². The molecule has 0 amide bonds. The van der Waals surface area contributed by atoms with E-state index in [1.807, 2.05) is 0 Å². The van der Waals surface area contributed by atoms with Crippen molar-refractivity contribution < 1.29 is 39.7 Å². The van der Waals surface area contributed by atoms with E-state index in [-0.39, 0.29) is 54.6 Å². The minimum absolute atomic E-state index is 0. The Morgan fingerprint density at radius 3 is 0.750 bits per heavy atom. The van der Waals surface area contributed by atoms with Crippen molar-refractivity contribution in [2.24, 2.45) is 0 Å². The van der Waals surface area contributed by atoms with E-state index in [1.165, 1.54) is 0 Å². The maximum Gasteiger partial charge on any atom is 0 e. The van der Waals surface area contributed by atoms with Gasteiger partial charge in [0, 0.05) is 39.7 Å². The molecule has 0 N–H and O–H groups in total. The average Bonchev–Trinajstić information content (AvgIpc) is 0. The Balaban J connectivity index is 0. The molecule has 0 heterocycles. The molecule has 0 bridgehead atoms. The predicted octanol–water partition coefficient (Wildman–Crippen LogP) is 1.27. The van der Waals surface area contributed by atoms with Gasteiger partial charge in [-0.3, -0.25) is 0 Å². The summed E-state index contributed by atoms with van der Waals surface area (Å²) >= 11 is 0. The van der Waals surface area contributed by atoms with Gasteiger partial charge >= 0.3 is 0 Å². The molecule has 0 spiro atoms. The Morgan fingerprint density at radius 1 is 0.750 bits per heavy atom. The van der Waals surface area contributed by atoms with Crippen LogP contribution >= 0.6 is 0 Å². The van der Waals surface area contributed by atoms with Crippen molar-refractivity contribution in [1.29, 1.82) is 0 Å². The smallest absolute Gasteiger partial charge is 0 e. The largest absolute Gasteiger partial charge is 0.0776 e. The first-order valence-corrected chi connectivity index (χ1v) is 0. The summed E-state index contributed by atoms with van der Waals surface area (Å²) < 4.78 is 0. The van der Waals surface area contributed by atoms with E-state index < -0.39 is 0 Å². The van der Waals surface area contributed by atoms with Crippen LogP contribution in [0.4, 0.5) is 0 Å². The summed E-state index contributed by atoms with van der Waals surface area (Å²) in [5.74, 6) is 0. The van der Waals surface area contributed by atoms with Gasteiger partial charge in [0.05, 0.1) is 0 Å². The van der Waals surface area contributed by atoms with Crippen molar-refractivity contribution >= 4 is 0 Å². The van der Waals surface area contributed by atoms with E-state index in [2.05, 4.69) is 0 Å². The normalized spacial score (nSPS) is 0. The van der Waals surface area contributed by atoms with Gasteiger partial charge in [-0.05, 0) is 0 Å². The number of hydrogen-bond acceptors (Lipinski definition) is 0. The fourth-order valence-corrected chi connectivity index (χ4v) is 0. The van der Waals surface area contributed by atoms with Crippen LogP contribution in [0.5, 0.6) is 0 Å². The quantitative estimate of drug-likeness (QED) is 0.507. The zero-order valence-electron chi connectivity index (χ0n) is 0.710. The first-order valence-electron chi connectivity index (χ1n) is 0. The molecule has 0 aliphatic rings. The Labute approximate surface area is 54.6 Å². The third-order valence-electron chi connectivity index (χ3n) is 0. The van der Waals surface area contributed by atoms with Gasteiger partial charge in [0.25, 0.3) is 0 Å². The molecule has 0 fully saturated rings. The average molecular weight is 192 g/mol. The van der Waals surface area contributed by atoms with Crippen LogP contribution in [0.2, 0.25) is 0 Å². The maximum atomic E-state index is 0. The van der Waals surface area contributed by atoms with Gasteiger partial charge in [0.15, 0.2) is 0 Å². The predicted molar refractivity (Wildman–Crippen MR) is 13.5 cm³/mol. The van der Waals surface area contributed by atoms with Crippen LogP contribution in [0.15, 0.2) is 0 Å². The van der Waals surface area contributed by atoms with Gasteiger partial charge in [-0.1, -0.05) is 14.9 Å². The SMILES string of the molecule is C.C.[Ag].[Cr]. The van der Waals surface area contributed by atoms with Crippen molar-refractivity contribution in [3.8, 4) is 0 Å². The van der Waals surface area contributed by atoms with Crippen molar-refractivity contribution in [2.45, 2.75) is 14.9 Å². The van der Waals surface area contributed by atoms with Crippen molar-refractivity contribution in [3.63, 3.8) is 0 Å². The minimum Gasteiger partial charge on any atom is -0.0776 e. The Kier molecular flexibility index (Phi) is 420. The summed E-state index contributed by atoms with van der Waals surface area (Å²) in [4.78, 5) is 0. The zero-order chi connectivity index (χ0) is 0. The summed E-state index contributed by atoms with van der Waals surface area (Å²) in [6.07, 6.45) is 0. The molecule has 0 aromatic heterocycles. The summed E-state index contributed by atoms with van der Waals surface area (Å²) in [5.41, 5.74) is 0. The summed E-state index contributed by atoms with van der Waals surface area (Å²) in [5, 5.41) is 0. The van der Waals surface area contributed by atoms with Crippen LogP contribution in [0.25, 0.3) is 0 Å². The van der Waals surface area contributed by atoms with Gasteiger partial charge in [-0.2, -0.15) is 0 Å². The molecule has 0 unspecified atom stereocenters. The molecule has 1 radical (unpaired) electrons. The molecular formula is C2H8AgCr. The van der Waals surface area contributed by atoms with E-state index in [0.717, 1.165) is 0 Å². The first kappa shape index (κ1) is 59.4. The van der Waals surface area contributed by atoms with E-state index >= 15 is 0 Å². The molecule has 0 aliphatic carbocycles. The second-order valence-corrected chi connectivity index (χ2v) is 0. The molecule has 0 saturated heterocycles. The van der Waals surface area contributed by atoms with Gasteiger partial charge < -0.3 is 0 Å². The Morgan fingerprint density at radius 2 is 0.750 bits per heavy atom. The Hall–Kier alpha value is 1.27. The Bertz CT molecular complexity index is 6.00. The zero-order valence-corrected chi connectivity index (χ0v) is 3.47. The molecular weight excluding hydrogens is 184 g/mol. The molecule has 0 saturated carbocycles. The van der Waals surface area contributed by atoms with Crippen LogP contribution in [0.1, 0.15) is 14.9 Å². The summed E-state index contributed by atoms with van der Waals surface area (Å²) in [7, 11) is 0. The fraction of sp³-hybridized carbons (Fsp3) is 1.00. The minimum atomic E-state index is 0. The van der Waals surface area contributed by atoms with Crippen molar-refractivity contribution in [2.75, 3.05) is 0 Å². The van der Waals surface area contributed by atoms with Crippen molar-refractivity contribution in [1.82, 2.24) is 0 Å². The van der Waals surface area contributed by atoms with Gasteiger partial charge in [-0.15, -0.1) is 0 Å². The van der Waals surface area contributed by atoms with Crippen molar-refractivity contribution in [3.05, 3.63) is 0 Å². The standard InChI is InChI=1S/2CH4.Ag.Cr/h2*1H4;;. The molecule has 2 heteroatoms. The first-order chi connectivity index (χ1) is 0. The van der Waals surface area contributed by atoms with Crippen LogP contribution in [-0.4, -0.2) is 0 Å². The summed E-state index contributed by atoms with van der Waals surface area (Å²) in [6, 6.07) is 0. The molecule has 33 valence electrons. The molecule has 0 aromatic carbocycles. The summed E-state index contributed by atoms with van der Waals surface area (Å²) in [6.45, 7) is 0. The molecule has 0 aliphatic heterocycles. The number of hydrogen-bond donors (Lipinski definition) is 0. The fourth-order valence-electron chi connectivity index (χ4n) is 0. The van der Waals surface area contributed by atoms with E-state index in [0.29, 0.717) is 0 Å². The van der Waals surface area contributed by atoms with Gasteiger partial charge in [-0.25, -0.2) is 0 Å². The molecule has 4 heavy (non-hydrogen) atoms. The second-order valence-electron chi connectivity index (χ2n) is 0. The second kappa shape index (κ2) is 28.3. The van der Waals surface area contributed by atoms with E-state index in [1.54, 1.807) is 0 Å². The molecule has 0 nitrogen and oxygen atoms in total. The third-order valence-corrected chi connectivity index (χ3v) is 0. The monoisotopic (exact) mass is 191 g/mol. The van der Waals surface area contributed by atoms with E-state index in [4.69, 9.17) is 0 Å². The van der Waals surface area contributed by atoms with Crippen LogP contribution in [0, 0.1) is 0 Å². The number of rotatable bonds is 0. The van der Waals surface area contributed by atoms with Crippen LogP contribution < -0.4 is 0 Å². The molecule has 0 atom stereocenters. The van der Waals surface area contributed by atoms with Crippen LogP contribution in [0.3, 0.4) is 0 Å². The molecule has 0 aromatic rings. The maximum absolute atomic E-state index is 0. The third kappa shape index (κ3) is 10.4. The van der Waals surface area contributed by atoms with E-state index in [9.17, 15) is 0 Å². The van der Waals surface area contributed by atoms with Crippen LogP contribution in [-0.2, 0) is 39.7 Å².